The van der Waals surface area contributed by atoms with E-state index < -0.39 is 11.5 Å². The smallest absolute Gasteiger partial charge is 0.324 e. The summed E-state index contributed by atoms with van der Waals surface area (Å²) in [6.45, 7) is 4.48. The molecule has 1 aromatic rings. The van der Waals surface area contributed by atoms with E-state index in [-0.39, 0.29) is 5.41 Å². The molecule has 0 aliphatic heterocycles. The molecule has 0 bridgehead atoms. The maximum absolute atomic E-state index is 11.4. The van der Waals surface area contributed by atoms with Crippen LogP contribution in [-0.2, 0) is 11.3 Å². The van der Waals surface area contributed by atoms with E-state index in [4.69, 9.17) is 0 Å². The zero-order chi connectivity index (χ0) is 11.8. The van der Waals surface area contributed by atoms with Crippen molar-refractivity contribution in [2.45, 2.75) is 38.8 Å². The van der Waals surface area contributed by atoms with Crippen molar-refractivity contribution in [3.05, 3.63) is 22.4 Å². The van der Waals surface area contributed by atoms with Crippen LogP contribution in [-0.4, -0.2) is 16.6 Å². The van der Waals surface area contributed by atoms with Gasteiger partial charge in [-0.25, -0.2) is 0 Å². The summed E-state index contributed by atoms with van der Waals surface area (Å²) in [5, 5.41) is 14.6. The summed E-state index contributed by atoms with van der Waals surface area (Å²) in [4.78, 5) is 12.6. The lowest BCUT2D eigenvalue weighted by Crippen LogP contribution is -2.55. The van der Waals surface area contributed by atoms with Crippen LogP contribution in [0.2, 0.25) is 0 Å². The highest BCUT2D eigenvalue weighted by Gasteiger charge is 2.57. The molecule has 3 nitrogen and oxygen atoms in total. The molecule has 1 aliphatic carbocycles. The Morgan fingerprint density at radius 2 is 2.38 bits per heavy atom. The molecule has 0 amide bonds. The van der Waals surface area contributed by atoms with Crippen LogP contribution >= 0.6 is 11.3 Å². The van der Waals surface area contributed by atoms with Crippen molar-refractivity contribution in [3.8, 4) is 0 Å². The highest BCUT2D eigenvalue weighted by atomic mass is 32.1. The first-order valence-electron chi connectivity index (χ1n) is 5.49. The van der Waals surface area contributed by atoms with Gasteiger partial charge in [-0.2, -0.15) is 0 Å². The van der Waals surface area contributed by atoms with Gasteiger partial charge in [0.05, 0.1) is 0 Å². The first kappa shape index (κ1) is 11.6. The minimum absolute atomic E-state index is 0.0872. The van der Waals surface area contributed by atoms with E-state index in [1.807, 2.05) is 24.4 Å². The van der Waals surface area contributed by atoms with Crippen LogP contribution in [0.3, 0.4) is 0 Å². The lowest BCUT2D eigenvalue weighted by Gasteiger charge is -2.32. The van der Waals surface area contributed by atoms with Crippen LogP contribution in [0.5, 0.6) is 0 Å². The maximum atomic E-state index is 11.4. The topological polar surface area (TPSA) is 49.3 Å². The third kappa shape index (κ3) is 1.87. The van der Waals surface area contributed by atoms with Gasteiger partial charge in [0.15, 0.2) is 0 Å². The molecular weight excluding hydrogens is 222 g/mol. The van der Waals surface area contributed by atoms with Crippen LogP contribution in [0.15, 0.2) is 17.5 Å². The van der Waals surface area contributed by atoms with E-state index in [1.54, 1.807) is 18.3 Å². The summed E-state index contributed by atoms with van der Waals surface area (Å²) < 4.78 is 0. The summed E-state index contributed by atoms with van der Waals surface area (Å²) in [7, 11) is 0. The number of thiophene rings is 1. The normalized spacial score (nSPS) is 21.4. The highest BCUT2D eigenvalue weighted by Crippen LogP contribution is 2.53. The van der Waals surface area contributed by atoms with Crippen molar-refractivity contribution in [2.75, 3.05) is 0 Å². The summed E-state index contributed by atoms with van der Waals surface area (Å²) in [5.74, 6) is -0.746. The van der Waals surface area contributed by atoms with Crippen molar-refractivity contribution < 1.29 is 9.90 Å². The predicted molar refractivity (Wildman–Crippen MR) is 64.5 cm³/mol. The number of aliphatic carboxylic acids is 1. The fourth-order valence-corrected chi connectivity index (χ4v) is 2.56. The summed E-state index contributed by atoms with van der Waals surface area (Å²) >= 11 is 1.65. The van der Waals surface area contributed by atoms with Gasteiger partial charge >= 0.3 is 5.97 Å². The lowest BCUT2D eigenvalue weighted by atomic mass is 9.84. The number of rotatable bonds is 5. The lowest BCUT2D eigenvalue weighted by molar-refractivity contribution is -0.147. The molecule has 0 spiro atoms. The van der Waals surface area contributed by atoms with E-state index in [1.165, 1.54) is 4.88 Å². The molecule has 0 radical (unpaired) electrons. The van der Waals surface area contributed by atoms with Gasteiger partial charge in [-0.05, 0) is 36.6 Å². The third-order valence-electron chi connectivity index (χ3n) is 3.83. The number of carboxylic acids is 1. The minimum atomic E-state index is -0.809. The van der Waals surface area contributed by atoms with E-state index >= 15 is 0 Å². The monoisotopic (exact) mass is 239 g/mol. The summed E-state index contributed by atoms with van der Waals surface area (Å²) in [5.41, 5.74) is -0.896. The molecule has 88 valence electrons. The molecule has 1 aromatic heterocycles. The highest BCUT2D eigenvalue weighted by molar-refractivity contribution is 7.09. The number of hydrogen-bond donors (Lipinski definition) is 2. The second-order valence-corrected chi connectivity index (χ2v) is 5.96. The molecule has 2 rings (SSSR count). The molecule has 16 heavy (non-hydrogen) atoms. The SMILES string of the molecule is CC1(C(C)(NCc2cccs2)C(=O)O)CC1. The Hall–Kier alpha value is -0.870. The Morgan fingerprint density at radius 3 is 2.81 bits per heavy atom. The standard InChI is InChI=1S/C12H17NO2S/c1-11(5-6-11)12(2,10(14)15)13-8-9-4-3-7-16-9/h3-4,7,13H,5-6,8H2,1-2H3,(H,14,15). The molecule has 0 saturated heterocycles. The van der Waals surface area contributed by atoms with Gasteiger partial charge in [-0.1, -0.05) is 13.0 Å². The van der Waals surface area contributed by atoms with E-state index in [9.17, 15) is 9.90 Å². The third-order valence-corrected chi connectivity index (χ3v) is 4.71. The fourth-order valence-electron chi connectivity index (χ4n) is 1.91. The Morgan fingerprint density at radius 1 is 1.69 bits per heavy atom. The minimum Gasteiger partial charge on any atom is -0.480 e. The number of hydrogen-bond acceptors (Lipinski definition) is 3. The number of carboxylic acid groups (broad SMARTS) is 1. The van der Waals surface area contributed by atoms with Crippen molar-refractivity contribution in [3.63, 3.8) is 0 Å². The largest absolute Gasteiger partial charge is 0.480 e. The van der Waals surface area contributed by atoms with Crippen molar-refractivity contribution >= 4 is 17.3 Å². The molecule has 1 heterocycles. The molecule has 1 saturated carbocycles. The van der Waals surface area contributed by atoms with Crippen LogP contribution in [0.4, 0.5) is 0 Å². The zero-order valence-corrected chi connectivity index (χ0v) is 10.4. The Balaban J connectivity index is 2.07. The zero-order valence-electron chi connectivity index (χ0n) is 9.62. The van der Waals surface area contributed by atoms with Gasteiger partial charge in [0.25, 0.3) is 0 Å². The molecule has 1 unspecified atom stereocenters. The van der Waals surface area contributed by atoms with Gasteiger partial charge in [-0.3, -0.25) is 10.1 Å². The average Bonchev–Trinajstić information content (AvgIpc) is 2.82. The van der Waals surface area contributed by atoms with Gasteiger partial charge in [-0.15, -0.1) is 11.3 Å². The van der Waals surface area contributed by atoms with E-state index in [0.29, 0.717) is 6.54 Å². The van der Waals surface area contributed by atoms with Crippen LogP contribution in [0.1, 0.15) is 31.6 Å². The number of nitrogens with one attached hydrogen (secondary N) is 1. The second-order valence-electron chi connectivity index (χ2n) is 4.92. The van der Waals surface area contributed by atoms with Gasteiger partial charge in [0.1, 0.15) is 5.54 Å². The van der Waals surface area contributed by atoms with Crippen molar-refractivity contribution in [1.82, 2.24) is 5.32 Å². The second kappa shape index (κ2) is 3.86. The van der Waals surface area contributed by atoms with Crippen LogP contribution in [0.25, 0.3) is 0 Å². The van der Waals surface area contributed by atoms with Crippen LogP contribution in [0, 0.1) is 5.41 Å². The predicted octanol–water partition coefficient (Wildman–Crippen LogP) is 2.48. The molecular formula is C12H17NO2S. The molecule has 1 fully saturated rings. The fraction of sp³-hybridized carbons (Fsp3) is 0.583. The average molecular weight is 239 g/mol. The van der Waals surface area contributed by atoms with Crippen molar-refractivity contribution in [2.24, 2.45) is 5.41 Å². The van der Waals surface area contributed by atoms with Crippen molar-refractivity contribution in [1.29, 1.82) is 0 Å². The molecule has 1 atom stereocenters. The van der Waals surface area contributed by atoms with E-state index in [2.05, 4.69) is 5.32 Å². The van der Waals surface area contributed by atoms with Gasteiger partial charge < -0.3 is 5.11 Å². The molecule has 1 aliphatic rings. The summed E-state index contributed by atoms with van der Waals surface area (Å²) in [6.07, 6.45) is 1.99. The molecule has 4 heteroatoms. The number of carbonyl (C=O) groups is 1. The van der Waals surface area contributed by atoms with Gasteiger partial charge in [0, 0.05) is 11.4 Å². The Bertz CT molecular complexity index is 384. The molecule has 0 aromatic carbocycles. The quantitative estimate of drug-likeness (QED) is 0.830. The summed E-state index contributed by atoms with van der Waals surface area (Å²) in [6, 6.07) is 4.01. The van der Waals surface area contributed by atoms with E-state index in [0.717, 1.165) is 12.8 Å². The first-order valence-corrected chi connectivity index (χ1v) is 6.37. The maximum Gasteiger partial charge on any atom is 0.324 e. The first-order chi connectivity index (χ1) is 7.48. The Labute approximate surface area is 99.5 Å². The van der Waals surface area contributed by atoms with Gasteiger partial charge in [0.2, 0.25) is 0 Å². The van der Waals surface area contributed by atoms with Crippen LogP contribution < -0.4 is 5.32 Å². The molecule has 2 N–H and O–H groups in total. The Kier molecular flexibility index (Phi) is 2.80.